The lowest BCUT2D eigenvalue weighted by atomic mass is 9.95. The molecule has 0 bridgehead atoms. The number of nitrogens with zero attached hydrogens (tertiary/aromatic N) is 2. The molecular weight excluding hydrogens is 300 g/mol. The summed E-state index contributed by atoms with van der Waals surface area (Å²) < 4.78 is 0. The largest absolute Gasteiger partial charge is 0.478 e. The van der Waals surface area contributed by atoms with Gasteiger partial charge in [-0.15, -0.1) is 0 Å². The van der Waals surface area contributed by atoms with Crippen molar-refractivity contribution in [2.45, 2.75) is 6.92 Å². The molecule has 3 rings (SSSR count). The smallest absolute Gasteiger partial charge is 0.335 e. The van der Waals surface area contributed by atoms with Crippen LogP contribution in [0.15, 0.2) is 60.8 Å². The molecule has 1 N–H and O–H groups in total. The quantitative estimate of drug-likeness (QED) is 0.782. The van der Waals surface area contributed by atoms with Crippen molar-refractivity contribution >= 4 is 5.97 Å². The van der Waals surface area contributed by atoms with E-state index in [4.69, 9.17) is 0 Å². The Labute approximate surface area is 139 Å². The standard InChI is InChI=1S/C20H14N2O2/c1-13-6-7-19(22-12-13)16-8-15(9-17(10-16)20(23)24)18-5-3-2-4-14(18)11-21/h2-10,12H,1H3,(H,23,24). The van der Waals surface area contributed by atoms with Gasteiger partial charge in [0.2, 0.25) is 0 Å². The normalized spacial score (nSPS) is 10.2. The van der Waals surface area contributed by atoms with Crippen molar-refractivity contribution in [3.63, 3.8) is 0 Å². The van der Waals surface area contributed by atoms with Gasteiger partial charge in [-0.2, -0.15) is 5.26 Å². The van der Waals surface area contributed by atoms with Crippen molar-refractivity contribution in [2.75, 3.05) is 0 Å². The predicted molar refractivity (Wildman–Crippen MR) is 91.5 cm³/mol. The highest BCUT2D eigenvalue weighted by molar-refractivity contribution is 5.92. The number of hydrogen-bond acceptors (Lipinski definition) is 3. The number of aromatic nitrogens is 1. The third-order valence-corrected chi connectivity index (χ3v) is 3.75. The molecule has 116 valence electrons. The van der Waals surface area contributed by atoms with E-state index in [1.807, 2.05) is 37.3 Å². The van der Waals surface area contributed by atoms with E-state index in [2.05, 4.69) is 11.1 Å². The zero-order valence-electron chi connectivity index (χ0n) is 13.0. The lowest BCUT2D eigenvalue weighted by Gasteiger charge is -2.09. The fourth-order valence-corrected chi connectivity index (χ4v) is 2.53. The van der Waals surface area contributed by atoms with Crippen LogP contribution in [-0.4, -0.2) is 16.1 Å². The van der Waals surface area contributed by atoms with Gasteiger partial charge in [0, 0.05) is 11.8 Å². The summed E-state index contributed by atoms with van der Waals surface area (Å²) in [6, 6.07) is 18.1. The van der Waals surface area contributed by atoms with E-state index in [0.717, 1.165) is 5.56 Å². The molecule has 0 fully saturated rings. The number of aryl methyl sites for hydroxylation is 1. The van der Waals surface area contributed by atoms with E-state index in [-0.39, 0.29) is 5.56 Å². The second-order valence-electron chi connectivity index (χ2n) is 5.48. The van der Waals surface area contributed by atoms with Crippen LogP contribution >= 0.6 is 0 Å². The number of rotatable bonds is 3. The maximum Gasteiger partial charge on any atom is 0.335 e. The highest BCUT2D eigenvalue weighted by atomic mass is 16.4. The molecule has 0 aliphatic carbocycles. The van der Waals surface area contributed by atoms with Crippen molar-refractivity contribution in [3.8, 4) is 28.5 Å². The van der Waals surface area contributed by atoms with Gasteiger partial charge in [-0.1, -0.05) is 24.3 Å². The molecule has 1 aromatic heterocycles. The summed E-state index contributed by atoms with van der Waals surface area (Å²) in [5.41, 5.74) is 4.49. The van der Waals surface area contributed by atoms with Gasteiger partial charge in [-0.05, 0) is 53.9 Å². The Kier molecular flexibility index (Phi) is 4.09. The summed E-state index contributed by atoms with van der Waals surface area (Å²) in [7, 11) is 0. The van der Waals surface area contributed by atoms with Gasteiger partial charge in [0.15, 0.2) is 0 Å². The van der Waals surface area contributed by atoms with E-state index < -0.39 is 5.97 Å². The molecule has 0 unspecified atom stereocenters. The molecule has 4 nitrogen and oxygen atoms in total. The topological polar surface area (TPSA) is 74.0 Å². The number of aromatic carboxylic acids is 1. The van der Waals surface area contributed by atoms with Crippen LogP contribution in [0.1, 0.15) is 21.5 Å². The number of pyridine rings is 1. The molecule has 1 heterocycles. The van der Waals surface area contributed by atoms with E-state index in [0.29, 0.717) is 27.9 Å². The Morgan fingerprint density at radius 1 is 1.08 bits per heavy atom. The van der Waals surface area contributed by atoms with E-state index >= 15 is 0 Å². The van der Waals surface area contributed by atoms with Gasteiger partial charge < -0.3 is 5.11 Å². The van der Waals surface area contributed by atoms with Crippen LogP contribution in [0.25, 0.3) is 22.4 Å². The van der Waals surface area contributed by atoms with E-state index in [1.165, 1.54) is 0 Å². The number of carboxylic acid groups (broad SMARTS) is 1. The fourth-order valence-electron chi connectivity index (χ4n) is 2.53. The van der Waals surface area contributed by atoms with Gasteiger partial charge in [-0.25, -0.2) is 4.79 Å². The molecule has 0 amide bonds. The first-order valence-corrected chi connectivity index (χ1v) is 7.39. The van der Waals surface area contributed by atoms with Crippen molar-refractivity contribution in [1.29, 1.82) is 5.26 Å². The first-order valence-electron chi connectivity index (χ1n) is 7.39. The summed E-state index contributed by atoms with van der Waals surface area (Å²) >= 11 is 0. The van der Waals surface area contributed by atoms with Gasteiger partial charge in [-0.3, -0.25) is 4.98 Å². The van der Waals surface area contributed by atoms with Crippen LogP contribution in [0.3, 0.4) is 0 Å². The monoisotopic (exact) mass is 314 g/mol. The second kappa shape index (κ2) is 6.35. The van der Waals surface area contributed by atoms with Gasteiger partial charge in [0.1, 0.15) is 0 Å². The minimum absolute atomic E-state index is 0.164. The van der Waals surface area contributed by atoms with Crippen molar-refractivity contribution < 1.29 is 9.90 Å². The summed E-state index contributed by atoms with van der Waals surface area (Å²) in [5, 5.41) is 18.7. The SMILES string of the molecule is Cc1ccc(-c2cc(C(=O)O)cc(-c3ccccc3C#N)c2)nc1. The predicted octanol–water partition coefficient (Wildman–Crippen LogP) is 4.29. The number of nitriles is 1. The molecule has 24 heavy (non-hydrogen) atoms. The highest BCUT2D eigenvalue weighted by Crippen LogP contribution is 2.29. The lowest BCUT2D eigenvalue weighted by molar-refractivity contribution is 0.0697. The van der Waals surface area contributed by atoms with Crippen LogP contribution < -0.4 is 0 Å². The number of carboxylic acids is 1. The van der Waals surface area contributed by atoms with Gasteiger partial charge >= 0.3 is 5.97 Å². The van der Waals surface area contributed by atoms with Crippen molar-refractivity contribution in [3.05, 3.63) is 77.5 Å². The Hall–Kier alpha value is -3.45. The van der Waals surface area contributed by atoms with Gasteiger partial charge in [0.05, 0.1) is 22.9 Å². The summed E-state index contributed by atoms with van der Waals surface area (Å²) in [6.07, 6.45) is 1.74. The molecule has 0 radical (unpaired) electrons. The molecule has 0 saturated heterocycles. The molecule has 0 spiro atoms. The maximum atomic E-state index is 11.5. The molecule has 0 saturated carbocycles. The minimum atomic E-state index is -1.01. The first kappa shape index (κ1) is 15.4. The zero-order valence-corrected chi connectivity index (χ0v) is 13.0. The third kappa shape index (κ3) is 3.01. The highest BCUT2D eigenvalue weighted by Gasteiger charge is 2.12. The molecule has 0 atom stereocenters. The van der Waals surface area contributed by atoms with Crippen LogP contribution in [0.4, 0.5) is 0 Å². The Morgan fingerprint density at radius 3 is 2.50 bits per heavy atom. The molecule has 3 aromatic rings. The number of carbonyl (C=O) groups is 1. The van der Waals surface area contributed by atoms with Crippen LogP contribution in [0.5, 0.6) is 0 Å². The maximum absolute atomic E-state index is 11.5. The average Bonchev–Trinajstić information content (AvgIpc) is 2.61. The summed E-state index contributed by atoms with van der Waals surface area (Å²) in [6.45, 7) is 1.94. The van der Waals surface area contributed by atoms with Crippen LogP contribution in [0, 0.1) is 18.3 Å². The fraction of sp³-hybridized carbons (Fsp3) is 0.0500. The molecule has 0 aliphatic rings. The lowest BCUT2D eigenvalue weighted by Crippen LogP contribution is -1.98. The summed E-state index contributed by atoms with van der Waals surface area (Å²) in [5.74, 6) is -1.01. The molecule has 0 aliphatic heterocycles. The Balaban J connectivity index is 2.22. The third-order valence-electron chi connectivity index (χ3n) is 3.75. The van der Waals surface area contributed by atoms with Gasteiger partial charge in [0.25, 0.3) is 0 Å². The van der Waals surface area contributed by atoms with Crippen LogP contribution in [-0.2, 0) is 0 Å². The summed E-state index contributed by atoms with van der Waals surface area (Å²) in [4.78, 5) is 15.9. The molecule has 2 aromatic carbocycles. The van der Waals surface area contributed by atoms with E-state index in [1.54, 1.807) is 30.5 Å². The Morgan fingerprint density at radius 2 is 1.83 bits per heavy atom. The number of hydrogen-bond donors (Lipinski definition) is 1. The minimum Gasteiger partial charge on any atom is -0.478 e. The Bertz CT molecular complexity index is 954. The second-order valence-corrected chi connectivity index (χ2v) is 5.48. The zero-order chi connectivity index (χ0) is 17.1. The van der Waals surface area contributed by atoms with Crippen molar-refractivity contribution in [1.82, 2.24) is 4.98 Å². The molecule has 4 heteroatoms. The van der Waals surface area contributed by atoms with Crippen LogP contribution in [0.2, 0.25) is 0 Å². The first-order chi connectivity index (χ1) is 11.6. The van der Waals surface area contributed by atoms with Crippen molar-refractivity contribution in [2.24, 2.45) is 0 Å². The number of benzene rings is 2. The van der Waals surface area contributed by atoms with E-state index in [9.17, 15) is 15.2 Å². The average molecular weight is 314 g/mol. The molecular formula is C20H14N2O2.